The minimum Gasteiger partial charge on any atom is -0.496 e. The predicted octanol–water partition coefficient (Wildman–Crippen LogP) is 2.28. The molecule has 1 heterocycles. The summed E-state index contributed by atoms with van der Waals surface area (Å²) in [5.74, 6) is 1.78. The fraction of sp³-hybridized carbons (Fsp3) is 0.182. The Morgan fingerprint density at radius 2 is 1.69 bits per heavy atom. The molecule has 0 fully saturated rings. The first-order valence-corrected chi connectivity index (χ1v) is 4.54. The van der Waals surface area contributed by atoms with Gasteiger partial charge in [0.15, 0.2) is 6.26 Å². The summed E-state index contributed by atoms with van der Waals surface area (Å²) in [5, 5.41) is 0. The van der Waals surface area contributed by atoms with Crippen molar-refractivity contribution < 1.29 is 18.6 Å². The van der Waals surface area contributed by atoms with Crippen LogP contribution in [0, 0.1) is 6.26 Å². The van der Waals surface area contributed by atoms with Crippen molar-refractivity contribution in [3.8, 4) is 23.3 Å². The Morgan fingerprint density at radius 1 is 1.06 bits per heavy atom. The van der Waals surface area contributed by atoms with E-state index in [9.17, 15) is 0 Å². The molecule has 0 spiro atoms. The SMILES string of the molecule is COc1cc(OC)cc(Oc2nc[c]o2)c1. The standard InChI is InChI=1S/C11H10NO4/c1-13-8-5-9(14-2)7-10(6-8)16-11-12-3-4-15-11/h3,5-7H,1-2H3. The third kappa shape index (κ3) is 2.25. The lowest BCUT2D eigenvalue weighted by Crippen LogP contribution is -1.90. The molecule has 0 N–H and O–H groups in total. The van der Waals surface area contributed by atoms with Gasteiger partial charge in [0.25, 0.3) is 0 Å². The fourth-order valence-electron chi connectivity index (χ4n) is 1.17. The van der Waals surface area contributed by atoms with Gasteiger partial charge >= 0.3 is 6.08 Å². The molecule has 2 aromatic rings. The Balaban J connectivity index is 2.26. The number of aromatic nitrogens is 1. The van der Waals surface area contributed by atoms with Crippen LogP contribution in [0.25, 0.3) is 0 Å². The molecular formula is C11H10NO4. The van der Waals surface area contributed by atoms with Crippen molar-refractivity contribution >= 4 is 0 Å². The van der Waals surface area contributed by atoms with Crippen LogP contribution in [0.3, 0.4) is 0 Å². The average Bonchev–Trinajstić information content (AvgIpc) is 2.81. The highest BCUT2D eigenvalue weighted by Crippen LogP contribution is 2.29. The fourth-order valence-corrected chi connectivity index (χ4v) is 1.17. The Hall–Kier alpha value is -2.17. The van der Waals surface area contributed by atoms with Crippen molar-refractivity contribution in [2.45, 2.75) is 0 Å². The summed E-state index contributed by atoms with van der Waals surface area (Å²) in [4.78, 5) is 3.80. The second kappa shape index (κ2) is 4.57. The molecule has 0 unspecified atom stereocenters. The van der Waals surface area contributed by atoms with Crippen LogP contribution < -0.4 is 14.2 Å². The second-order valence-corrected chi connectivity index (χ2v) is 2.89. The van der Waals surface area contributed by atoms with E-state index in [1.54, 1.807) is 32.4 Å². The normalized spacial score (nSPS) is 9.88. The molecule has 2 rings (SSSR count). The van der Waals surface area contributed by atoms with Gasteiger partial charge in [-0.05, 0) is 0 Å². The smallest absolute Gasteiger partial charge is 0.399 e. The zero-order valence-electron chi connectivity index (χ0n) is 8.89. The molecule has 83 valence electrons. The summed E-state index contributed by atoms with van der Waals surface area (Å²) in [6.07, 6.45) is 3.94. The average molecular weight is 220 g/mol. The maximum atomic E-state index is 5.33. The second-order valence-electron chi connectivity index (χ2n) is 2.89. The van der Waals surface area contributed by atoms with Gasteiger partial charge in [0.2, 0.25) is 0 Å². The summed E-state index contributed by atoms with van der Waals surface area (Å²) in [6.45, 7) is 0. The highest BCUT2D eigenvalue weighted by molar-refractivity contribution is 5.42. The zero-order chi connectivity index (χ0) is 11.4. The van der Waals surface area contributed by atoms with Gasteiger partial charge < -0.3 is 18.6 Å². The van der Waals surface area contributed by atoms with E-state index in [0.717, 1.165) is 0 Å². The number of oxazole rings is 1. The van der Waals surface area contributed by atoms with Crippen LogP contribution >= 0.6 is 0 Å². The first-order chi connectivity index (χ1) is 7.81. The Labute approximate surface area is 92.6 Å². The van der Waals surface area contributed by atoms with E-state index in [2.05, 4.69) is 11.2 Å². The summed E-state index contributed by atoms with van der Waals surface area (Å²) in [5.41, 5.74) is 0. The molecule has 0 saturated heterocycles. The molecule has 5 heteroatoms. The van der Waals surface area contributed by atoms with E-state index in [1.165, 1.54) is 6.20 Å². The number of benzene rings is 1. The third-order valence-electron chi connectivity index (χ3n) is 1.90. The van der Waals surface area contributed by atoms with E-state index >= 15 is 0 Å². The van der Waals surface area contributed by atoms with Crippen molar-refractivity contribution in [3.63, 3.8) is 0 Å². The van der Waals surface area contributed by atoms with Crippen LogP contribution in [-0.2, 0) is 0 Å². The first-order valence-electron chi connectivity index (χ1n) is 4.54. The van der Waals surface area contributed by atoms with Gasteiger partial charge in [-0.1, -0.05) is 0 Å². The number of hydrogen-bond donors (Lipinski definition) is 0. The lowest BCUT2D eigenvalue weighted by Gasteiger charge is -2.07. The predicted molar refractivity (Wildman–Crippen MR) is 55.0 cm³/mol. The molecule has 0 saturated carbocycles. The molecule has 0 bridgehead atoms. The van der Waals surface area contributed by atoms with Crippen LogP contribution in [0.1, 0.15) is 0 Å². The maximum Gasteiger partial charge on any atom is 0.399 e. The summed E-state index contributed by atoms with van der Waals surface area (Å²) in [7, 11) is 3.13. The number of hydrogen-bond acceptors (Lipinski definition) is 5. The molecule has 0 aliphatic heterocycles. The molecule has 0 amide bonds. The van der Waals surface area contributed by atoms with Gasteiger partial charge in [0.1, 0.15) is 17.2 Å². The molecular weight excluding hydrogens is 210 g/mol. The molecule has 0 aliphatic carbocycles. The number of rotatable bonds is 4. The van der Waals surface area contributed by atoms with Crippen LogP contribution in [0.4, 0.5) is 0 Å². The molecule has 1 radical (unpaired) electrons. The van der Waals surface area contributed by atoms with Gasteiger partial charge in [-0.2, -0.15) is 4.98 Å². The van der Waals surface area contributed by atoms with Crippen molar-refractivity contribution in [1.29, 1.82) is 0 Å². The van der Waals surface area contributed by atoms with Crippen molar-refractivity contribution in [3.05, 3.63) is 30.7 Å². The summed E-state index contributed by atoms with van der Waals surface area (Å²) < 4.78 is 20.4. The van der Waals surface area contributed by atoms with E-state index in [-0.39, 0.29) is 6.08 Å². The molecule has 1 aromatic heterocycles. The quantitative estimate of drug-likeness (QED) is 0.791. The van der Waals surface area contributed by atoms with E-state index in [0.29, 0.717) is 17.2 Å². The maximum absolute atomic E-state index is 5.33. The Kier molecular flexibility index (Phi) is 2.95. The highest BCUT2D eigenvalue weighted by atomic mass is 16.6. The number of methoxy groups -OCH3 is 2. The Bertz CT molecular complexity index is 431. The van der Waals surface area contributed by atoms with Crippen molar-refractivity contribution in [1.82, 2.24) is 4.98 Å². The minimum atomic E-state index is 0.121. The molecule has 1 aromatic carbocycles. The van der Waals surface area contributed by atoms with E-state index in [1.807, 2.05) is 0 Å². The van der Waals surface area contributed by atoms with Gasteiger partial charge in [0.05, 0.1) is 20.4 Å². The molecule has 0 aliphatic rings. The summed E-state index contributed by atoms with van der Waals surface area (Å²) in [6, 6.07) is 5.15. The largest absolute Gasteiger partial charge is 0.496 e. The monoisotopic (exact) mass is 220 g/mol. The van der Waals surface area contributed by atoms with Crippen molar-refractivity contribution in [2.24, 2.45) is 0 Å². The van der Waals surface area contributed by atoms with Crippen LogP contribution in [-0.4, -0.2) is 19.2 Å². The molecule has 16 heavy (non-hydrogen) atoms. The lowest BCUT2D eigenvalue weighted by molar-refractivity contribution is 0.323. The summed E-state index contributed by atoms with van der Waals surface area (Å²) >= 11 is 0. The Morgan fingerprint density at radius 3 is 2.19 bits per heavy atom. The van der Waals surface area contributed by atoms with Gasteiger partial charge in [-0.15, -0.1) is 0 Å². The minimum absolute atomic E-state index is 0.121. The topological polar surface area (TPSA) is 53.7 Å². The molecule has 0 atom stereocenters. The van der Waals surface area contributed by atoms with Gasteiger partial charge in [-0.3, -0.25) is 0 Å². The highest BCUT2D eigenvalue weighted by Gasteiger charge is 2.06. The zero-order valence-corrected chi connectivity index (χ0v) is 8.89. The van der Waals surface area contributed by atoms with Gasteiger partial charge in [0, 0.05) is 18.2 Å². The number of ether oxygens (including phenoxy) is 3. The third-order valence-corrected chi connectivity index (χ3v) is 1.90. The number of nitrogens with zero attached hydrogens (tertiary/aromatic N) is 1. The lowest BCUT2D eigenvalue weighted by atomic mass is 10.3. The van der Waals surface area contributed by atoms with E-state index < -0.39 is 0 Å². The first kappa shape index (κ1) is 10.4. The van der Waals surface area contributed by atoms with Crippen LogP contribution in [0.5, 0.6) is 23.3 Å². The van der Waals surface area contributed by atoms with Crippen LogP contribution in [0.2, 0.25) is 0 Å². The van der Waals surface area contributed by atoms with Gasteiger partial charge in [-0.25, -0.2) is 0 Å². The van der Waals surface area contributed by atoms with E-state index in [4.69, 9.17) is 18.6 Å². The molecule has 5 nitrogen and oxygen atoms in total. The van der Waals surface area contributed by atoms with Crippen molar-refractivity contribution in [2.75, 3.05) is 14.2 Å². The van der Waals surface area contributed by atoms with Crippen LogP contribution in [0.15, 0.2) is 28.8 Å².